The summed E-state index contributed by atoms with van der Waals surface area (Å²) in [5.41, 5.74) is -0.710. The summed E-state index contributed by atoms with van der Waals surface area (Å²) in [5, 5.41) is 12.1. The van der Waals surface area contributed by atoms with Crippen molar-refractivity contribution in [1.82, 2.24) is 10.2 Å². The molecule has 0 aromatic carbocycles. The molecule has 2 aliphatic carbocycles. The highest BCUT2D eigenvalue weighted by molar-refractivity contribution is 5.79. The summed E-state index contributed by atoms with van der Waals surface area (Å²) in [5.74, 6) is -0.136. The highest BCUT2D eigenvalue weighted by Gasteiger charge is 2.44. The monoisotopic (exact) mass is 268 g/mol. The van der Waals surface area contributed by atoms with E-state index < -0.39 is 11.4 Å². The van der Waals surface area contributed by atoms with E-state index in [1.807, 2.05) is 18.7 Å². The van der Waals surface area contributed by atoms with Gasteiger partial charge in [-0.2, -0.15) is 0 Å². The van der Waals surface area contributed by atoms with Crippen molar-refractivity contribution < 1.29 is 14.7 Å². The van der Waals surface area contributed by atoms with Gasteiger partial charge >= 0.3 is 12.0 Å². The molecule has 0 radical (unpaired) electrons. The lowest BCUT2D eigenvalue weighted by molar-refractivity contribution is -0.153. The number of hydrogen-bond acceptors (Lipinski definition) is 2. The third kappa shape index (κ3) is 3.19. The highest BCUT2D eigenvalue weighted by atomic mass is 16.4. The number of amides is 2. The lowest BCUT2D eigenvalue weighted by Crippen LogP contribution is -2.52. The van der Waals surface area contributed by atoms with Crippen LogP contribution in [0.15, 0.2) is 0 Å². The lowest BCUT2D eigenvalue weighted by Gasteiger charge is -2.38. The number of urea groups is 1. The van der Waals surface area contributed by atoms with Crippen LogP contribution in [0.5, 0.6) is 0 Å². The summed E-state index contributed by atoms with van der Waals surface area (Å²) >= 11 is 0. The molecule has 108 valence electrons. The molecule has 0 unspecified atom stereocenters. The molecular weight excluding hydrogens is 244 g/mol. The maximum absolute atomic E-state index is 12.2. The van der Waals surface area contributed by atoms with Gasteiger partial charge in [0, 0.05) is 19.1 Å². The Balaban J connectivity index is 1.86. The van der Waals surface area contributed by atoms with Crippen molar-refractivity contribution >= 4 is 12.0 Å². The second-order valence-electron chi connectivity index (χ2n) is 6.29. The summed E-state index contributed by atoms with van der Waals surface area (Å²) in [4.78, 5) is 25.2. The van der Waals surface area contributed by atoms with Crippen LogP contribution in [0.1, 0.15) is 46.0 Å². The van der Waals surface area contributed by atoms with Gasteiger partial charge in [0.25, 0.3) is 0 Å². The van der Waals surface area contributed by atoms with E-state index in [0.717, 1.165) is 13.0 Å². The first-order chi connectivity index (χ1) is 8.94. The molecule has 2 N–H and O–H groups in total. The third-order valence-electron chi connectivity index (χ3n) is 4.38. The topological polar surface area (TPSA) is 69.6 Å². The largest absolute Gasteiger partial charge is 0.481 e. The fourth-order valence-electron chi connectivity index (χ4n) is 2.52. The van der Waals surface area contributed by atoms with Crippen LogP contribution in [0.25, 0.3) is 0 Å². The number of rotatable bonds is 6. The van der Waals surface area contributed by atoms with E-state index in [-0.39, 0.29) is 18.6 Å². The second-order valence-corrected chi connectivity index (χ2v) is 6.29. The van der Waals surface area contributed by atoms with Gasteiger partial charge in [-0.25, -0.2) is 4.79 Å². The third-order valence-corrected chi connectivity index (χ3v) is 4.38. The molecule has 2 saturated carbocycles. The fourth-order valence-corrected chi connectivity index (χ4v) is 2.52. The normalized spacial score (nSPS) is 20.8. The zero-order valence-electron chi connectivity index (χ0n) is 11.8. The minimum absolute atomic E-state index is 0.116. The number of carboxylic acid groups (broad SMARTS) is 1. The van der Waals surface area contributed by atoms with E-state index in [9.17, 15) is 14.7 Å². The van der Waals surface area contributed by atoms with Crippen molar-refractivity contribution in [3.8, 4) is 0 Å². The Kier molecular flexibility index (Phi) is 4.02. The molecule has 0 spiro atoms. The molecule has 2 rings (SSSR count). The van der Waals surface area contributed by atoms with E-state index in [4.69, 9.17) is 0 Å². The van der Waals surface area contributed by atoms with E-state index in [1.54, 1.807) is 0 Å². The van der Waals surface area contributed by atoms with Crippen LogP contribution in [-0.2, 0) is 4.79 Å². The molecule has 2 aliphatic rings. The maximum Gasteiger partial charge on any atom is 0.317 e. The van der Waals surface area contributed by atoms with Crippen molar-refractivity contribution in [2.24, 2.45) is 11.3 Å². The predicted molar refractivity (Wildman–Crippen MR) is 71.9 cm³/mol. The Morgan fingerprint density at radius 1 is 1.37 bits per heavy atom. The number of nitrogens with one attached hydrogen (secondary N) is 1. The zero-order chi connectivity index (χ0) is 14.0. The maximum atomic E-state index is 12.2. The van der Waals surface area contributed by atoms with E-state index >= 15 is 0 Å². The van der Waals surface area contributed by atoms with Crippen LogP contribution in [0.2, 0.25) is 0 Å². The Bertz CT molecular complexity index is 360. The molecule has 0 aromatic rings. The first kappa shape index (κ1) is 14.2. The van der Waals surface area contributed by atoms with Gasteiger partial charge in [-0.15, -0.1) is 0 Å². The van der Waals surface area contributed by atoms with E-state index in [2.05, 4.69) is 5.32 Å². The average Bonchev–Trinajstić information content (AvgIpc) is 3.06. The molecule has 0 saturated heterocycles. The van der Waals surface area contributed by atoms with E-state index in [1.165, 1.54) is 12.8 Å². The van der Waals surface area contributed by atoms with Crippen LogP contribution in [0.4, 0.5) is 4.79 Å². The molecule has 0 aliphatic heterocycles. The molecule has 2 amide bonds. The van der Waals surface area contributed by atoms with Crippen LogP contribution in [0.3, 0.4) is 0 Å². The Labute approximate surface area is 114 Å². The van der Waals surface area contributed by atoms with Crippen molar-refractivity contribution in [2.45, 2.75) is 52.0 Å². The Hall–Kier alpha value is -1.26. The van der Waals surface area contributed by atoms with Crippen LogP contribution in [-0.4, -0.2) is 41.1 Å². The van der Waals surface area contributed by atoms with Crippen LogP contribution in [0, 0.1) is 11.3 Å². The molecule has 0 atom stereocenters. The summed E-state index contributed by atoms with van der Waals surface area (Å²) in [7, 11) is 0. The molecule has 2 fully saturated rings. The van der Waals surface area contributed by atoms with Crippen molar-refractivity contribution in [1.29, 1.82) is 0 Å². The highest BCUT2D eigenvalue weighted by Crippen LogP contribution is 2.40. The van der Waals surface area contributed by atoms with Crippen LogP contribution < -0.4 is 5.32 Å². The first-order valence-electron chi connectivity index (χ1n) is 7.22. The minimum atomic E-state index is -0.780. The minimum Gasteiger partial charge on any atom is -0.481 e. The molecular formula is C14H24N2O3. The number of aliphatic carboxylic acids is 1. The van der Waals surface area contributed by atoms with Gasteiger partial charge in [0.1, 0.15) is 0 Å². The lowest BCUT2D eigenvalue weighted by atomic mass is 9.69. The van der Waals surface area contributed by atoms with Crippen LogP contribution >= 0.6 is 0 Å². The molecule has 19 heavy (non-hydrogen) atoms. The molecule has 0 heterocycles. The molecule has 5 heteroatoms. The summed E-state index contributed by atoms with van der Waals surface area (Å²) in [6, 6.07) is 0.0391. The first-order valence-corrected chi connectivity index (χ1v) is 7.22. The Morgan fingerprint density at radius 3 is 2.37 bits per heavy atom. The van der Waals surface area contributed by atoms with Crippen molar-refractivity contribution in [3.05, 3.63) is 0 Å². The van der Waals surface area contributed by atoms with Gasteiger partial charge < -0.3 is 15.3 Å². The number of hydrogen-bond donors (Lipinski definition) is 2. The summed E-state index contributed by atoms with van der Waals surface area (Å²) in [6.07, 6.45) is 4.70. The predicted octanol–water partition coefficient (Wildman–Crippen LogP) is 2.07. The SMILES string of the molecule is CC(C)N(CC1CC1)C(=O)NCC1(C(=O)O)CCC1. The van der Waals surface area contributed by atoms with Gasteiger partial charge in [0.15, 0.2) is 0 Å². The van der Waals surface area contributed by atoms with Gasteiger partial charge in [-0.1, -0.05) is 6.42 Å². The van der Waals surface area contributed by atoms with Gasteiger partial charge in [0.2, 0.25) is 0 Å². The van der Waals surface area contributed by atoms with Gasteiger partial charge in [0.05, 0.1) is 5.41 Å². The molecule has 0 aromatic heterocycles. The standard InChI is InChI=1S/C14H24N2O3/c1-10(2)16(8-11-4-5-11)13(19)15-9-14(12(17)18)6-3-7-14/h10-11H,3-9H2,1-2H3,(H,15,19)(H,17,18). The summed E-state index contributed by atoms with van der Waals surface area (Å²) in [6.45, 7) is 5.05. The van der Waals surface area contributed by atoms with E-state index in [0.29, 0.717) is 18.8 Å². The fraction of sp³-hybridized carbons (Fsp3) is 0.857. The average molecular weight is 268 g/mol. The number of carboxylic acids is 1. The quantitative estimate of drug-likeness (QED) is 0.774. The van der Waals surface area contributed by atoms with Gasteiger partial charge in [-0.05, 0) is 45.4 Å². The van der Waals surface area contributed by atoms with Crippen molar-refractivity contribution in [2.75, 3.05) is 13.1 Å². The van der Waals surface area contributed by atoms with Crippen molar-refractivity contribution in [3.63, 3.8) is 0 Å². The summed E-state index contributed by atoms with van der Waals surface area (Å²) < 4.78 is 0. The number of nitrogens with zero attached hydrogens (tertiary/aromatic N) is 1. The number of carbonyl (C=O) groups excluding carboxylic acids is 1. The zero-order valence-corrected chi connectivity index (χ0v) is 11.8. The van der Waals surface area contributed by atoms with Gasteiger partial charge in [-0.3, -0.25) is 4.79 Å². The smallest absolute Gasteiger partial charge is 0.317 e. The second kappa shape index (κ2) is 5.39. The molecule has 5 nitrogen and oxygen atoms in total. The molecule has 0 bridgehead atoms. The Morgan fingerprint density at radius 2 is 2.00 bits per heavy atom. The number of carbonyl (C=O) groups is 2.